The number of sulfonamides is 1. The summed E-state index contributed by atoms with van der Waals surface area (Å²) in [7, 11) is -3.81. The van der Waals surface area contributed by atoms with Crippen LogP contribution < -0.4 is 10.3 Å². The van der Waals surface area contributed by atoms with Gasteiger partial charge in [0.2, 0.25) is 10.0 Å². The largest absolute Gasteiger partial charge is 0.493 e. The van der Waals surface area contributed by atoms with Crippen molar-refractivity contribution in [3.05, 3.63) is 40.1 Å². The number of rotatable bonds is 5. The molecule has 2 N–H and O–H groups in total. The number of aromatic amines is 1. The second-order valence-corrected chi connectivity index (χ2v) is 9.14. The summed E-state index contributed by atoms with van der Waals surface area (Å²) in [5, 5.41) is 14.2. The average molecular weight is 433 g/mol. The number of β-amino-alcohol motifs (C(OH)–C–C–N with tert-alkyl or cyclic N) is 1. The molecule has 160 valence electrons. The quantitative estimate of drug-likeness (QED) is 0.610. The maximum absolute atomic E-state index is 13.0. The van der Waals surface area contributed by atoms with E-state index in [-0.39, 0.29) is 29.4 Å². The Hall–Kier alpha value is -2.76. The van der Waals surface area contributed by atoms with Gasteiger partial charge < -0.3 is 14.8 Å². The SMILES string of the molecule is CCOc1ccc(S(=O)(=O)N2CCC(O)C2)cc1-c1nn2c(C)nc(C)c2c(=O)[nH]1. The van der Waals surface area contributed by atoms with Gasteiger partial charge in [0.1, 0.15) is 11.6 Å². The summed E-state index contributed by atoms with van der Waals surface area (Å²) in [6, 6.07) is 4.44. The topological polar surface area (TPSA) is 130 Å². The van der Waals surface area contributed by atoms with E-state index in [4.69, 9.17) is 4.74 Å². The second-order valence-electron chi connectivity index (χ2n) is 7.20. The van der Waals surface area contributed by atoms with Crippen molar-refractivity contribution in [3.8, 4) is 17.1 Å². The van der Waals surface area contributed by atoms with E-state index in [2.05, 4.69) is 15.1 Å². The highest BCUT2D eigenvalue weighted by atomic mass is 32.2. The molecule has 0 radical (unpaired) electrons. The molecule has 1 fully saturated rings. The number of benzene rings is 1. The van der Waals surface area contributed by atoms with Crippen molar-refractivity contribution >= 4 is 15.5 Å². The van der Waals surface area contributed by atoms with Crippen molar-refractivity contribution in [2.75, 3.05) is 19.7 Å². The van der Waals surface area contributed by atoms with Gasteiger partial charge in [0.25, 0.3) is 5.56 Å². The van der Waals surface area contributed by atoms with Crippen molar-refractivity contribution in [2.24, 2.45) is 0 Å². The van der Waals surface area contributed by atoms with E-state index in [1.54, 1.807) is 19.9 Å². The van der Waals surface area contributed by atoms with Gasteiger partial charge >= 0.3 is 0 Å². The van der Waals surface area contributed by atoms with Crippen LogP contribution in [0.3, 0.4) is 0 Å². The number of aliphatic hydroxyl groups excluding tert-OH is 1. The third kappa shape index (κ3) is 3.38. The van der Waals surface area contributed by atoms with Crippen LogP contribution in [-0.4, -0.2) is 63.2 Å². The van der Waals surface area contributed by atoms with Crippen LogP contribution in [0.5, 0.6) is 5.75 Å². The number of aromatic nitrogens is 4. The smallest absolute Gasteiger partial charge is 0.277 e. The van der Waals surface area contributed by atoms with E-state index in [9.17, 15) is 18.3 Å². The molecule has 1 saturated heterocycles. The molecule has 0 spiro atoms. The van der Waals surface area contributed by atoms with Crippen LogP contribution in [0.25, 0.3) is 16.9 Å². The number of aliphatic hydroxyl groups is 1. The highest BCUT2D eigenvalue weighted by Gasteiger charge is 2.32. The van der Waals surface area contributed by atoms with E-state index in [1.165, 1.54) is 21.0 Å². The Morgan fingerprint density at radius 1 is 1.33 bits per heavy atom. The number of ether oxygens (including phenoxy) is 1. The Labute approximate surface area is 173 Å². The number of H-pyrrole nitrogens is 1. The van der Waals surface area contributed by atoms with E-state index in [0.29, 0.717) is 41.4 Å². The van der Waals surface area contributed by atoms with Gasteiger partial charge in [-0.05, 0) is 45.4 Å². The van der Waals surface area contributed by atoms with Gasteiger partial charge in [-0.3, -0.25) is 4.79 Å². The molecule has 0 aliphatic carbocycles. The maximum atomic E-state index is 13.0. The van der Waals surface area contributed by atoms with Crippen LogP contribution >= 0.6 is 0 Å². The van der Waals surface area contributed by atoms with Crippen molar-refractivity contribution in [3.63, 3.8) is 0 Å². The summed E-state index contributed by atoms with van der Waals surface area (Å²) < 4.78 is 34.4. The first-order valence-corrected chi connectivity index (χ1v) is 11.1. The van der Waals surface area contributed by atoms with Gasteiger partial charge in [-0.15, -0.1) is 5.10 Å². The number of hydrogen-bond donors (Lipinski definition) is 2. The van der Waals surface area contributed by atoms with Crippen LogP contribution in [-0.2, 0) is 10.0 Å². The predicted molar refractivity (Wildman–Crippen MR) is 109 cm³/mol. The van der Waals surface area contributed by atoms with Crippen LogP contribution in [0, 0.1) is 13.8 Å². The van der Waals surface area contributed by atoms with E-state index < -0.39 is 16.1 Å². The first-order chi connectivity index (χ1) is 14.2. The number of fused-ring (bicyclic) bond motifs is 1. The van der Waals surface area contributed by atoms with Crippen molar-refractivity contribution < 1.29 is 18.3 Å². The molecule has 3 aromatic rings. The minimum atomic E-state index is -3.81. The summed E-state index contributed by atoms with van der Waals surface area (Å²) in [5.74, 6) is 1.12. The Morgan fingerprint density at radius 2 is 2.10 bits per heavy atom. The summed E-state index contributed by atoms with van der Waals surface area (Å²) in [6.45, 7) is 5.93. The molecule has 1 aliphatic heterocycles. The van der Waals surface area contributed by atoms with Gasteiger partial charge in [-0.2, -0.15) is 4.31 Å². The Bertz CT molecular complexity index is 1280. The van der Waals surface area contributed by atoms with Gasteiger partial charge in [-0.1, -0.05) is 0 Å². The van der Waals surface area contributed by atoms with E-state index in [1.807, 2.05) is 6.92 Å². The Morgan fingerprint density at radius 3 is 2.77 bits per heavy atom. The van der Waals surface area contributed by atoms with Crippen LogP contribution in [0.4, 0.5) is 0 Å². The fraction of sp³-hybridized carbons (Fsp3) is 0.421. The zero-order valence-electron chi connectivity index (χ0n) is 16.9. The molecule has 0 amide bonds. The molecular formula is C19H23N5O5S. The third-order valence-corrected chi connectivity index (χ3v) is 6.97. The summed E-state index contributed by atoms with van der Waals surface area (Å²) in [6.07, 6.45) is -0.275. The van der Waals surface area contributed by atoms with Gasteiger partial charge in [-0.25, -0.2) is 17.9 Å². The van der Waals surface area contributed by atoms with Crippen molar-refractivity contribution in [2.45, 2.75) is 38.2 Å². The highest BCUT2D eigenvalue weighted by molar-refractivity contribution is 7.89. The molecule has 1 atom stereocenters. The van der Waals surface area contributed by atoms with Gasteiger partial charge in [0.05, 0.1) is 28.9 Å². The Balaban J connectivity index is 1.88. The molecule has 1 unspecified atom stereocenters. The standard InChI is InChI=1S/C19H23N5O5S/c1-4-29-16-6-5-14(30(27,28)23-8-7-13(25)10-23)9-15(16)18-21-19(26)17-11(2)20-12(3)24(17)22-18/h5-6,9,13,25H,4,7-8,10H2,1-3H3,(H,21,22,26). The summed E-state index contributed by atoms with van der Waals surface area (Å²) >= 11 is 0. The number of nitrogens with zero attached hydrogens (tertiary/aromatic N) is 4. The average Bonchev–Trinajstić information content (AvgIpc) is 3.26. The molecule has 1 aliphatic rings. The third-order valence-electron chi connectivity index (χ3n) is 5.11. The molecule has 0 bridgehead atoms. The molecule has 11 heteroatoms. The lowest BCUT2D eigenvalue weighted by atomic mass is 10.2. The highest BCUT2D eigenvalue weighted by Crippen LogP contribution is 2.32. The molecule has 10 nitrogen and oxygen atoms in total. The lowest BCUT2D eigenvalue weighted by molar-refractivity contribution is 0.189. The molecule has 30 heavy (non-hydrogen) atoms. The van der Waals surface area contributed by atoms with Crippen molar-refractivity contribution in [1.82, 2.24) is 23.9 Å². The van der Waals surface area contributed by atoms with Crippen LogP contribution in [0.2, 0.25) is 0 Å². The predicted octanol–water partition coefficient (Wildman–Crippen LogP) is 0.855. The number of nitrogens with one attached hydrogen (secondary N) is 1. The number of hydrogen-bond acceptors (Lipinski definition) is 7. The molecular weight excluding hydrogens is 410 g/mol. The van der Waals surface area contributed by atoms with Crippen LogP contribution in [0.15, 0.2) is 27.9 Å². The van der Waals surface area contributed by atoms with Gasteiger partial charge in [0.15, 0.2) is 11.3 Å². The zero-order chi connectivity index (χ0) is 21.6. The molecule has 0 saturated carbocycles. The number of imidazole rings is 1. The first kappa shape index (κ1) is 20.5. The minimum absolute atomic E-state index is 0.0383. The van der Waals surface area contributed by atoms with E-state index in [0.717, 1.165) is 0 Å². The van der Waals surface area contributed by atoms with Crippen LogP contribution in [0.1, 0.15) is 24.9 Å². The minimum Gasteiger partial charge on any atom is -0.493 e. The fourth-order valence-electron chi connectivity index (χ4n) is 3.67. The zero-order valence-corrected chi connectivity index (χ0v) is 17.7. The molecule has 3 heterocycles. The summed E-state index contributed by atoms with van der Waals surface area (Å²) in [4.78, 5) is 19.7. The number of aryl methyl sites for hydroxylation is 2. The molecule has 2 aromatic heterocycles. The van der Waals surface area contributed by atoms with E-state index >= 15 is 0 Å². The monoisotopic (exact) mass is 433 g/mol. The fourth-order valence-corrected chi connectivity index (χ4v) is 5.19. The normalized spacial score (nSPS) is 17.7. The second kappa shape index (κ2) is 7.49. The first-order valence-electron chi connectivity index (χ1n) is 9.64. The lowest BCUT2D eigenvalue weighted by Crippen LogP contribution is -2.29. The van der Waals surface area contributed by atoms with Gasteiger partial charge in [0, 0.05) is 13.1 Å². The molecule has 1 aromatic carbocycles. The van der Waals surface area contributed by atoms with Crippen molar-refractivity contribution in [1.29, 1.82) is 0 Å². The Kier molecular flexibility index (Phi) is 5.12. The maximum Gasteiger partial charge on any atom is 0.277 e. The lowest BCUT2D eigenvalue weighted by Gasteiger charge is -2.17. The molecule has 4 rings (SSSR count). The summed E-state index contributed by atoms with van der Waals surface area (Å²) in [5.41, 5.74) is 0.865.